The van der Waals surface area contributed by atoms with Gasteiger partial charge in [0.1, 0.15) is 11.5 Å². The standard InChI is InChI=1S/C23H26N4O2/c1-16-5-8-18(9-6-16)20-12-25-23(26-13-20)27-11-3-4-19(15-27)22(28)24-14-21-10-7-17(2)29-21/h5-10,12-13,19H,3-4,11,14-15H2,1-2H3,(H,24,28). The van der Waals surface area contributed by atoms with Gasteiger partial charge in [-0.3, -0.25) is 4.79 Å². The highest BCUT2D eigenvalue weighted by Gasteiger charge is 2.27. The van der Waals surface area contributed by atoms with Gasteiger partial charge < -0.3 is 14.6 Å². The van der Waals surface area contributed by atoms with E-state index in [0.29, 0.717) is 19.0 Å². The number of piperidine rings is 1. The molecule has 0 aliphatic carbocycles. The maximum absolute atomic E-state index is 12.6. The fourth-order valence-electron chi connectivity index (χ4n) is 3.65. The van der Waals surface area contributed by atoms with E-state index in [0.717, 1.165) is 42.0 Å². The minimum Gasteiger partial charge on any atom is -0.465 e. The molecule has 6 heteroatoms. The number of rotatable bonds is 5. The lowest BCUT2D eigenvalue weighted by atomic mass is 9.97. The number of anilines is 1. The highest BCUT2D eigenvalue weighted by Crippen LogP contribution is 2.23. The van der Waals surface area contributed by atoms with Crippen LogP contribution in [0.25, 0.3) is 11.1 Å². The van der Waals surface area contributed by atoms with E-state index in [9.17, 15) is 4.79 Å². The number of carbonyl (C=O) groups is 1. The van der Waals surface area contributed by atoms with Crippen LogP contribution in [0.5, 0.6) is 0 Å². The molecule has 1 fully saturated rings. The van der Waals surface area contributed by atoms with Gasteiger partial charge in [-0.25, -0.2) is 9.97 Å². The Bertz CT molecular complexity index is 963. The molecule has 1 saturated heterocycles. The molecule has 2 aromatic heterocycles. The molecule has 1 aliphatic rings. The average molecular weight is 390 g/mol. The predicted octanol–water partition coefficient (Wildman–Crippen LogP) is 3.89. The summed E-state index contributed by atoms with van der Waals surface area (Å²) in [6, 6.07) is 12.1. The van der Waals surface area contributed by atoms with E-state index >= 15 is 0 Å². The van der Waals surface area contributed by atoms with Gasteiger partial charge in [-0.05, 0) is 44.4 Å². The number of aryl methyl sites for hydroxylation is 2. The summed E-state index contributed by atoms with van der Waals surface area (Å²) in [4.78, 5) is 23.8. The summed E-state index contributed by atoms with van der Waals surface area (Å²) in [6.07, 6.45) is 5.54. The van der Waals surface area contributed by atoms with Crippen molar-refractivity contribution in [3.63, 3.8) is 0 Å². The summed E-state index contributed by atoms with van der Waals surface area (Å²) in [7, 11) is 0. The number of hydrogen-bond acceptors (Lipinski definition) is 5. The van der Waals surface area contributed by atoms with Gasteiger partial charge in [-0.1, -0.05) is 29.8 Å². The van der Waals surface area contributed by atoms with E-state index in [2.05, 4.69) is 51.4 Å². The van der Waals surface area contributed by atoms with Crippen molar-refractivity contribution in [1.29, 1.82) is 0 Å². The number of nitrogens with one attached hydrogen (secondary N) is 1. The molecule has 4 rings (SSSR count). The summed E-state index contributed by atoms with van der Waals surface area (Å²) in [5.41, 5.74) is 3.33. The fourth-order valence-corrected chi connectivity index (χ4v) is 3.65. The van der Waals surface area contributed by atoms with Crippen LogP contribution in [-0.2, 0) is 11.3 Å². The van der Waals surface area contributed by atoms with E-state index in [1.54, 1.807) is 0 Å². The number of furan rings is 1. The summed E-state index contributed by atoms with van der Waals surface area (Å²) in [5.74, 6) is 2.29. The Balaban J connectivity index is 1.37. The highest BCUT2D eigenvalue weighted by molar-refractivity contribution is 5.79. The number of amides is 1. The second-order valence-corrected chi connectivity index (χ2v) is 7.65. The van der Waals surface area contributed by atoms with Crippen LogP contribution >= 0.6 is 0 Å². The van der Waals surface area contributed by atoms with Crippen molar-refractivity contribution >= 4 is 11.9 Å². The van der Waals surface area contributed by atoms with Gasteiger partial charge in [0, 0.05) is 31.0 Å². The van der Waals surface area contributed by atoms with E-state index in [1.807, 2.05) is 31.5 Å². The molecule has 0 radical (unpaired) electrons. The van der Waals surface area contributed by atoms with Gasteiger partial charge in [-0.2, -0.15) is 0 Å². The molecule has 1 N–H and O–H groups in total. The SMILES string of the molecule is Cc1ccc(-c2cnc(N3CCCC(C(=O)NCc4ccc(C)o4)C3)nc2)cc1. The van der Waals surface area contributed by atoms with Gasteiger partial charge >= 0.3 is 0 Å². The van der Waals surface area contributed by atoms with Crippen LogP contribution in [0.3, 0.4) is 0 Å². The number of hydrogen-bond donors (Lipinski definition) is 1. The third-order valence-corrected chi connectivity index (χ3v) is 5.33. The monoisotopic (exact) mass is 390 g/mol. The number of nitrogens with zero attached hydrogens (tertiary/aromatic N) is 3. The molecule has 0 saturated carbocycles. The summed E-state index contributed by atoms with van der Waals surface area (Å²) < 4.78 is 5.52. The molecule has 1 amide bonds. The largest absolute Gasteiger partial charge is 0.465 e. The third-order valence-electron chi connectivity index (χ3n) is 5.33. The first-order valence-electron chi connectivity index (χ1n) is 10.1. The van der Waals surface area contributed by atoms with Crippen LogP contribution in [0.15, 0.2) is 53.2 Å². The average Bonchev–Trinajstić information content (AvgIpc) is 3.18. The predicted molar refractivity (Wildman–Crippen MR) is 112 cm³/mol. The first kappa shape index (κ1) is 19.2. The molecule has 29 heavy (non-hydrogen) atoms. The molecule has 3 heterocycles. The first-order valence-corrected chi connectivity index (χ1v) is 10.1. The zero-order valence-electron chi connectivity index (χ0n) is 16.9. The number of carbonyl (C=O) groups excluding carboxylic acids is 1. The molecule has 0 spiro atoms. The van der Waals surface area contributed by atoms with E-state index < -0.39 is 0 Å². The smallest absolute Gasteiger partial charge is 0.225 e. The van der Waals surface area contributed by atoms with Crippen molar-refractivity contribution in [3.8, 4) is 11.1 Å². The van der Waals surface area contributed by atoms with Crippen LogP contribution in [0.1, 0.15) is 29.9 Å². The molecule has 6 nitrogen and oxygen atoms in total. The molecular weight excluding hydrogens is 364 g/mol. The van der Waals surface area contributed by atoms with Crippen molar-refractivity contribution < 1.29 is 9.21 Å². The Morgan fingerprint density at radius 3 is 2.55 bits per heavy atom. The van der Waals surface area contributed by atoms with Crippen LogP contribution in [0.4, 0.5) is 5.95 Å². The van der Waals surface area contributed by atoms with Gasteiger partial charge in [0.15, 0.2) is 0 Å². The van der Waals surface area contributed by atoms with Crippen LogP contribution < -0.4 is 10.2 Å². The van der Waals surface area contributed by atoms with Gasteiger partial charge in [0.25, 0.3) is 0 Å². The van der Waals surface area contributed by atoms with Crippen LogP contribution in [0.2, 0.25) is 0 Å². The molecule has 1 unspecified atom stereocenters. The molecule has 0 bridgehead atoms. The van der Waals surface area contributed by atoms with Crippen LogP contribution in [0, 0.1) is 19.8 Å². The number of benzene rings is 1. The molecule has 1 atom stereocenters. The maximum atomic E-state index is 12.6. The topological polar surface area (TPSA) is 71.3 Å². The zero-order valence-corrected chi connectivity index (χ0v) is 16.9. The van der Waals surface area contributed by atoms with E-state index in [1.165, 1.54) is 5.56 Å². The Morgan fingerprint density at radius 2 is 1.86 bits per heavy atom. The lowest BCUT2D eigenvalue weighted by Crippen LogP contribution is -2.43. The summed E-state index contributed by atoms with van der Waals surface area (Å²) >= 11 is 0. The maximum Gasteiger partial charge on any atom is 0.225 e. The first-order chi connectivity index (χ1) is 14.1. The molecule has 150 valence electrons. The molecular formula is C23H26N4O2. The van der Waals surface area contributed by atoms with Gasteiger partial charge in [-0.15, -0.1) is 0 Å². The van der Waals surface area contributed by atoms with Crippen molar-refractivity contribution in [1.82, 2.24) is 15.3 Å². The van der Waals surface area contributed by atoms with Crippen molar-refractivity contribution in [2.75, 3.05) is 18.0 Å². The quantitative estimate of drug-likeness (QED) is 0.716. The van der Waals surface area contributed by atoms with E-state index in [4.69, 9.17) is 4.42 Å². The second-order valence-electron chi connectivity index (χ2n) is 7.65. The lowest BCUT2D eigenvalue weighted by Gasteiger charge is -2.32. The zero-order chi connectivity index (χ0) is 20.2. The fraction of sp³-hybridized carbons (Fsp3) is 0.348. The molecule has 3 aromatic rings. The van der Waals surface area contributed by atoms with Gasteiger partial charge in [0.05, 0.1) is 12.5 Å². The van der Waals surface area contributed by atoms with Crippen molar-refractivity contribution in [2.24, 2.45) is 5.92 Å². The summed E-state index contributed by atoms with van der Waals surface area (Å²) in [6.45, 7) is 5.89. The van der Waals surface area contributed by atoms with E-state index in [-0.39, 0.29) is 11.8 Å². The minimum absolute atomic E-state index is 0.0556. The Labute approximate surface area is 171 Å². The lowest BCUT2D eigenvalue weighted by molar-refractivity contribution is -0.125. The molecule has 1 aliphatic heterocycles. The highest BCUT2D eigenvalue weighted by atomic mass is 16.3. The second kappa shape index (κ2) is 8.47. The van der Waals surface area contributed by atoms with Crippen molar-refractivity contribution in [2.45, 2.75) is 33.2 Å². The number of aromatic nitrogens is 2. The minimum atomic E-state index is -0.0693. The Morgan fingerprint density at radius 1 is 1.10 bits per heavy atom. The summed E-state index contributed by atoms with van der Waals surface area (Å²) in [5, 5.41) is 2.99. The molecule has 1 aromatic carbocycles. The Hall–Kier alpha value is -3.15. The van der Waals surface area contributed by atoms with Crippen molar-refractivity contribution in [3.05, 3.63) is 65.9 Å². The van der Waals surface area contributed by atoms with Gasteiger partial charge in [0.2, 0.25) is 11.9 Å². The normalized spacial score (nSPS) is 16.6. The Kier molecular flexibility index (Phi) is 5.60. The van der Waals surface area contributed by atoms with Crippen LogP contribution in [-0.4, -0.2) is 29.0 Å². The third kappa shape index (κ3) is 4.65.